The molecule has 0 spiro atoms. The summed E-state index contributed by atoms with van der Waals surface area (Å²) in [5, 5.41) is 3.58. The number of para-hydroxylation sites is 1. The topological polar surface area (TPSA) is 98.4 Å². The second-order valence-corrected chi connectivity index (χ2v) is 6.73. The third-order valence-corrected chi connectivity index (χ3v) is 4.80. The van der Waals surface area contributed by atoms with Crippen LogP contribution in [0.4, 0.5) is 16.2 Å². The Morgan fingerprint density at radius 3 is 2.64 bits per heavy atom. The number of nitrogens with zero attached hydrogens (tertiary/aromatic N) is 3. The fourth-order valence-electron chi connectivity index (χ4n) is 3.39. The minimum Gasteiger partial charge on any atom is -0.326 e. The second kappa shape index (κ2) is 6.80. The quantitative estimate of drug-likeness (QED) is 0.732. The Bertz CT molecular complexity index is 1150. The van der Waals surface area contributed by atoms with Gasteiger partial charge in [-0.2, -0.15) is 0 Å². The summed E-state index contributed by atoms with van der Waals surface area (Å²) in [6.45, 7) is 3.16. The van der Waals surface area contributed by atoms with E-state index in [2.05, 4.69) is 15.3 Å². The van der Waals surface area contributed by atoms with Crippen LogP contribution < -0.4 is 15.8 Å². The first-order chi connectivity index (χ1) is 13.5. The van der Waals surface area contributed by atoms with E-state index in [1.807, 2.05) is 13.0 Å². The highest BCUT2D eigenvalue weighted by atomic mass is 16.2. The van der Waals surface area contributed by atoms with E-state index in [9.17, 15) is 14.4 Å². The molecule has 0 atom stereocenters. The average Bonchev–Trinajstić information content (AvgIpc) is 3.00. The molecule has 28 heavy (non-hydrogen) atoms. The van der Waals surface area contributed by atoms with Crippen LogP contribution in [-0.2, 0) is 0 Å². The van der Waals surface area contributed by atoms with Gasteiger partial charge >= 0.3 is 6.03 Å². The molecule has 1 saturated heterocycles. The monoisotopic (exact) mass is 377 g/mol. The molecular formula is C20H19N5O3. The van der Waals surface area contributed by atoms with Crippen molar-refractivity contribution in [2.45, 2.75) is 6.92 Å². The summed E-state index contributed by atoms with van der Waals surface area (Å²) in [6, 6.07) is 9.76. The molecule has 3 heterocycles. The van der Waals surface area contributed by atoms with Gasteiger partial charge in [0.15, 0.2) is 0 Å². The lowest BCUT2D eigenvalue weighted by Crippen LogP contribution is -2.30. The molecular weight excluding hydrogens is 358 g/mol. The van der Waals surface area contributed by atoms with Crippen molar-refractivity contribution >= 4 is 34.2 Å². The number of carbonyl (C=O) groups is 2. The molecule has 0 bridgehead atoms. The summed E-state index contributed by atoms with van der Waals surface area (Å²) in [5.41, 5.74) is 2.58. The van der Waals surface area contributed by atoms with Crippen LogP contribution in [0.3, 0.4) is 0 Å². The SMILES string of the molecule is Cc1cnc2c(NC(=O)c3cccc(=O)[nH]3)cccc2c1N1CCN(C)C1=O. The number of carbonyl (C=O) groups excluding carboxylic acids is 2. The fourth-order valence-corrected chi connectivity index (χ4v) is 3.39. The Balaban J connectivity index is 1.77. The Kier molecular flexibility index (Phi) is 4.31. The zero-order valence-corrected chi connectivity index (χ0v) is 15.5. The Morgan fingerprint density at radius 2 is 1.93 bits per heavy atom. The molecule has 2 aromatic heterocycles. The van der Waals surface area contributed by atoms with Gasteiger partial charge in [0.2, 0.25) is 5.56 Å². The summed E-state index contributed by atoms with van der Waals surface area (Å²) >= 11 is 0. The van der Waals surface area contributed by atoms with Crippen LogP contribution in [-0.4, -0.2) is 46.9 Å². The maximum atomic E-state index is 12.5. The van der Waals surface area contributed by atoms with Crippen LogP contribution in [0.1, 0.15) is 16.1 Å². The smallest absolute Gasteiger partial charge is 0.324 e. The predicted octanol–water partition coefficient (Wildman–Crippen LogP) is 2.36. The Labute approximate surface area is 160 Å². The lowest BCUT2D eigenvalue weighted by molar-refractivity contribution is 0.102. The normalized spacial score (nSPS) is 14.0. The lowest BCUT2D eigenvalue weighted by Gasteiger charge is -2.21. The van der Waals surface area contributed by atoms with Crippen molar-refractivity contribution in [3.8, 4) is 0 Å². The van der Waals surface area contributed by atoms with Gasteiger partial charge in [-0.25, -0.2) is 4.79 Å². The third kappa shape index (κ3) is 2.98. The highest BCUT2D eigenvalue weighted by molar-refractivity contribution is 6.11. The second-order valence-electron chi connectivity index (χ2n) is 6.73. The maximum Gasteiger partial charge on any atom is 0.324 e. The standard InChI is InChI=1S/C20H19N5O3/c1-12-11-21-17-13(18(12)25-10-9-24(2)20(25)28)5-3-6-14(17)23-19(27)15-7-4-8-16(26)22-15/h3-8,11H,9-10H2,1-2H3,(H,22,26)(H,23,27). The van der Waals surface area contributed by atoms with Crippen molar-refractivity contribution in [1.29, 1.82) is 0 Å². The predicted molar refractivity (Wildman–Crippen MR) is 107 cm³/mol. The van der Waals surface area contributed by atoms with Gasteiger partial charge in [0, 0.05) is 37.8 Å². The number of pyridine rings is 2. The van der Waals surface area contributed by atoms with Gasteiger partial charge < -0.3 is 15.2 Å². The van der Waals surface area contributed by atoms with E-state index in [0.717, 1.165) is 16.6 Å². The molecule has 1 aromatic carbocycles. The Hall–Kier alpha value is -3.68. The van der Waals surface area contributed by atoms with Crippen molar-refractivity contribution in [2.24, 2.45) is 0 Å². The summed E-state index contributed by atoms with van der Waals surface area (Å²) in [5.74, 6) is -0.439. The van der Waals surface area contributed by atoms with E-state index in [0.29, 0.717) is 24.3 Å². The van der Waals surface area contributed by atoms with Gasteiger partial charge in [-0.15, -0.1) is 0 Å². The van der Waals surface area contributed by atoms with Crippen LogP contribution in [0.25, 0.3) is 10.9 Å². The summed E-state index contributed by atoms with van der Waals surface area (Å²) in [6.07, 6.45) is 1.70. The van der Waals surface area contributed by atoms with Crippen molar-refractivity contribution in [1.82, 2.24) is 14.9 Å². The van der Waals surface area contributed by atoms with Gasteiger partial charge in [-0.1, -0.05) is 18.2 Å². The van der Waals surface area contributed by atoms with Crippen molar-refractivity contribution in [3.05, 3.63) is 64.2 Å². The third-order valence-electron chi connectivity index (χ3n) is 4.80. The highest BCUT2D eigenvalue weighted by Gasteiger charge is 2.29. The number of urea groups is 1. The minimum absolute atomic E-state index is 0.0631. The molecule has 0 unspecified atom stereocenters. The first-order valence-corrected chi connectivity index (χ1v) is 8.87. The van der Waals surface area contributed by atoms with E-state index in [4.69, 9.17) is 0 Å². The van der Waals surface area contributed by atoms with E-state index >= 15 is 0 Å². The van der Waals surface area contributed by atoms with Gasteiger partial charge in [-0.05, 0) is 24.6 Å². The number of anilines is 2. The molecule has 3 aromatic rings. The van der Waals surface area contributed by atoms with Gasteiger partial charge in [0.25, 0.3) is 5.91 Å². The largest absolute Gasteiger partial charge is 0.326 e. The van der Waals surface area contributed by atoms with Gasteiger partial charge in [0.05, 0.1) is 16.9 Å². The Morgan fingerprint density at radius 1 is 1.14 bits per heavy atom. The number of hydrogen-bond donors (Lipinski definition) is 2. The van der Waals surface area contributed by atoms with Crippen LogP contribution in [0.2, 0.25) is 0 Å². The molecule has 0 saturated carbocycles. The zero-order chi connectivity index (χ0) is 19.8. The lowest BCUT2D eigenvalue weighted by atomic mass is 10.1. The molecule has 2 N–H and O–H groups in total. The first-order valence-electron chi connectivity index (χ1n) is 8.87. The molecule has 1 aliphatic rings. The minimum atomic E-state index is -0.439. The number of rotatable bonds is 3. The molecule has 8 nitrogen and oxygen atoms in total. The van der Waals surface area contributed by atoms with E-state index in [1.165, 1.54) is 18.2 Å². The van der Waals surface area contributed by atoms with E-state index < -0.39 is 5.91 Å². The molecule has 3 amide bonds. The van der Waals surface area contributed by atoms with Gasteiger partial charge in [-0.3, -0.25) is 19.5 Å². The molecule has 0 aliphatic carbocycles. The number of aryl methyl sites for hydroxylation is 1. The number of aromatic amines is 1. The van der Waals surface area contributed by atoms with Crippen molar-refractivity contribution in [2.75, 3.05) is 30.4 Å². The number of benzene rings is 1. The van der Waals surface area contributed by atoms with Gasteiger partial charge in [0.1, 0.15) is 5.69 Å². The molecule has 1 fully saturated rings. The van der Waals surface area contributed by atoms with Crippen LogP contribution >= 0.6 is 0 Å². The number of fused-ring (bicyclic) bond motifs is 1. The van der Waals surface area contributed by atoms with E-state index in [1.54, 1.807) is 35.2 Å². The van der Waals surface area contributed by atoms with Crippen molar-refractivity contribution in [3.63, 3.8) is 0 Å². The van der Waals surface area contributed by atoms with Crippen LogP contribution in [0.5, 0.6) is 0 Å². The fraction of sp³-hybridized carbons (Fsp3) is 0.200. The van der Waals surface area contributed by atoms with Crippen LogP contribution in [0.15, 0.2) is 47.4 Å². The summed E-state index contributed by atoms with van der Waals surface area (Å²) in [4.78, 5) is 46.9. The number of H-pyrrole nitrogens is 1. The number of hydrogen-bond acceptors (Lipinski definition) is 4. The number of likely N-dealkylation sites (N-methyl/N-ethyl adjacent to an activating group) is 1. The average molecular weight is 377 g/mol. The molecule has 8 heteroatoms. The highest BCUT2D eigenvalue weighted by Crippen LogP contribution is 2.34. The molecule has 4 rings (SSSR count). The first kappa shape index (κ1) is 17.7. The van der Waals surface area contributed by atoms with E-state index in [-0.39, 0.29) is 17.3 Å². The molecule has 142 valence electrons. The molecule has 0 radical (unpaired) electrons. The van der Waals surface area contributed by atoms with Crippen LogP contribution in [0, 0.1) is 6.92 Å². The number of aromatic nitrogens is 2. The maximum absolute atomic E-state index is 12.5. The number of nitrogens with one attached hydrogen (secondary N) is 2. The summed E-state index contributed by atoms with van der Waals surface area (Å²) in [7, 11) is 1.77. The zero-order valence-electron chi connectivity index (χ0n) is 15.5. The van der Waals surface area contributed by atoms with Crippen molar-refractivity contribution < 1.29 is 9.59 Å². The molecule has 1 aliphatic heterocycles. The number of amides is 3. The summed E-state index contributed by atoms with van der Waals surface area (Å²) < 4.78 is 0.